The third-order valence-corrected chi connectivity index (χ3v) is 4.95. The molecular weight excluding hydrogens is 328 g/mol. The Hall–Kier alpha value is -2.66. The van der Waals surface area contributed by atoms with E-state index in [-0.39, 0.29) is 17.9 Å². The van der Waals surface area contributed by atoms with E-state index in [2.05, 4.69) is 5.32 Å². The maximum Gasteiger partial charge on any atom is 0.258 e. The summed E-state index contributed by atoms with van der Waals surface area (Å²) in [6.45, 7) is 1.36. The highest BCUT2D eigenvalue weighted by atomic mass is 16.5. The fourth-order valence-corrected chi connectivity index (χ4v) is 3.63. The highest BCUT2D eigenvalue weighted by molar-refractivity contribution is 6.07. The molecule has 1 saturated heterocycles. The van der Waals surface area contributed by atoms with Crippen LogP contribution in [-0.4, -0.2) is 31.1 Å². The number of fused-ring (bicyclic) bond motifs is 1. The van der Waals surface area contributed by atoms with Gasteiger partial charge in [0.2, 0.25) is 0 Å². The first kappa shape index (κ1) is 16.8. The monoisotopic (exact) mass is 350 g/mol. The van der Waals surface area contributed by atoms with Gasteiger partial charge < -0.3 is 15.0 Å². The number of anilines is 2. The van der Waals surface area contributed by atoms with E-state index >= 15 is 0 Å². The third-order valence-electron chi connectivity index (χ3n) is 4.95. The molecule has 1 fully saturated rings. The molecule has 2 heterocycles. The van der Waals surface area contributed by atoms with Crippen molar-refractivity contribution in [3.8, 4) is 0 Å². The molecular formula is C21H22N2O3. The fraction of sp³-hybridized carbons (Fsp3) is 0.333. The van der Waals surface area contributed by atoms with Crippen LogP contribution in [-0.2, 0) is 16.0 Å². The van der Waals surface area contributed by atoms with Crippen LogP contribution in [0.2, 0.25) is 0 Å². The zero-order chi connectivity index (χ0) is 17.9. The van der Waals surface area contributed by atoms with Gasteiger partial charge in [0.05, 0.1) is 0 Å². The van der Waals surface area contributed by atoms with Gasteiger partial charge in [0.1, 0.15) is 6.10 Å². The minimum absolute atomic E-state index is 0.0164. The quantitative estimate of drug-likeness (QED) is 0.923. The summed E-state index contributed by atoms with van der Waals surface area (Å²) in [6.07, 6.45) is 3.17. The van der Waals surface area contributed by atoms with Gasteiger partial charge >= 0.3 is 0 Å². The molecule has 2 aromatic carbocycles. The maximum absolute atomic E-state index is 12.8. The summed E-state index contributed by atoms with van der Waals surface area (Å²) < 4.78 is 5.43. The molecule has 4 rings (SSSR count). The second-order valence-electron chi connectivity index (χ2n) is 6.76. The molecule has 0 aromatic heterocycles. The van der Waals surface area contributed by atoms with Crippen molar-refractivity contribution in [3.05, 3.63) is 59.7 Å². The van der Waals surface area contributed by atoms with Gasteiger partial charge in [-0.05, 0) is 61.6 Å². The van der Waals surface area contributed by atoms with Crippen molar-refractivity contribution >= 4 is 23.2 Å². The molecule has 2 amide bonds. The number of hydrogen-bond acceptors (Lipinski definition) is 3. The van der Waals surface area contributed by atoms with E-state index in [1.165, 1.54) is 0 Å². The first-order valence-corrected chi connectivity index (χ1v) is 9.15. The highest BCUT2D eigenvalue weighted by Gasteiger charge is 2.26. The number of nitrogens with zero attached hydrogens (tertiary/aromatic N) is 1. The van der Waals surface area contributed by atoms with E-state index in [9.17, 15) is 9.59 Å². The summed E-state index contributed by atoms with van der Waals surface area (Å²) >= 11 is 0. The number of rotatable bonds is 3. The number of benzene rings is 2. The van der Waals surface area contributed by atoms with Crippen LogP contribution in [0.15, 0.2) is 48.5 Å². The summed E-state index contributed by atoms with van der Waals surface area (Å²) in [5, 5.41) is 2.94. The molecule has 134 valence electrons. The Balaban J connectivity index is 1.54. The summed E-state index contributed by atoms with van der Waals surface area (Å²) in [7, 11) is 0. The van der Waals surface area contributed by atoms with Crippen molar-refractivity contribution in [2.75, 3.05) is 23.4 Å². The van der Waals surface area contributed by atoms with Crippen LogP contribution in [0.5, 0.6) is 0 Å². The van der Waals surface area contributed by atoms with Crippen LogP contribution < -0.4 is 10.2 Å². The van der Waals surface area contributed by atoms with Crippen LogP contribution in [0.4, 0.5) is 11.4 Å². The molecule has 0 aliphatic carbocycles. The number of amides is 2. The predicted octanol–water partition coefficient (Wildman–Crippen LogP) is 3.40. The van der Waals surface area contributed by atoms with Crippen LogP contribution in [0, 0.1) is 0 Å². The lowest BCUT2D eigenvalue weighted by Gasteiger charge is -2.30. The molecule has 5 heteroatoms. The Morgan fingerprint density at radius 1 is 1.08 bits per heavy atom. The van der Waals surface area contributed by atoms with E-state index in [0.29, 0.717) is 18.7 Å². The van der Waals surface area contributed by atoms with Gasteiger partial charge in [-0.2, -0.15) is 0 Å². The Labute approximate surface area is 153 Å². The van der Waals surface area contributed by atoms with Gasteiger partial charge in [-0.25, -0.2) is 0 Å². The van der Waals surface area contributed by atoms with Crippen molar-refractivity contribution in [1.29, 1.82) is 0 Å². The first-order valence-electron chi connectivity index (χ1n) is 9.15. The second-order valence-corrected chi connectivity index (χ2v) is 6.76. The smallest absolute Gasteiger partial charge is 0.258 e. The second kappa shape index (κ2) is 7.30. The van der Waals surface area contributed by atoms with E-state index in [0.717, 1.165) is 42.6 Å². The average Bonchev–Trinajstić information content (AvgIpc) is 3.22. The number of carbonyl (C=O) groups excluding carboxylic acids is 2. The number of carbonyl (C=O) groups is 2. The summed E-state index contributed by atoms with van der Waals surface area (Å²) in [6, 6.07) is 15.1. The normalized spacial score (nSPS) is 19.1. The van der Waals surface area contributed by atoms with Gasteiger partial charge in [-0.3, -0.25) is 9.59 Å². The molecule has 1 atom stereocenters. The van der Waals surface area contributed by atoms with Gasteiger partial charge in [-0.1, -0.05) is 18.2 Å². The lowest BCUT2D eigenvalue weighted by molar-refractivity contribution is -0.124. The van der Waals surface area contributed by atoms with Gasteiger partial charge in [-0.15, -0.1) is 0 Å². The van der Waals surface area contributed by atoms with Crippen LogP contribution >= 0.6 is 0 Å². The maximum atomic E-state index is 12.8. The molecule has 5 nitrogen and oxygen atoms in total. The molecule has 2 aromatic rings. The number of hydrogen-bond donors (Lipinski definition) is 1. The minimum atomic E-state index is -0.345. The molecule has 1 N–H and O–H groups in total. The predicted molar refractivity (Wildman–Crippen MR) is 100 cm³/mol. The van der Waals surface area contributed by atoms with Crippen molar-refractivity contribution in [2.24, 2.45) is 0 Å². The topological polar surface area (TPSA) is 58.6 Å². The van der Waals surface area contributed by atoms with Gasteiger partial charge in [0.15, 0.2) is 0 Å². The van der Waals surface area contributed by atoms with Crippen molar-refractivity contribution in [1.82, 2.24) is 0 Å². The number of nitrogens with one attached hydrogen (secondary N) is 1. The third kappa shape index (κ3) is 3.35. The summed E-state index contributed by atoms with van der Waals surface area (Å²) in [5.74, 6) is -0.0711. The molecule has 1 unspecified atom stereocenters. The van der Waals surface area contributed by atoms with E-state index in [4.69, 9.17) is 4.74 Å². The van der Waals surface area contributed by atoms with E-state index < -0.39 is 0 Å². The van der Waals surface area contributed by atoms with Crippen LogP contribution in [0.25, 0.3) is 0 Å². The standard InChI is InChI=1S/C21H22N2O3/c24-20(19-9-5-13-26-19)22-17-10-11-18-16(14-17)8-4-12-23(18)21(25)15-6-2-1-3-7-15/h1-3,6-7,10-11,14,19H,4-5,8-9,12-13H2,(H,22,24). The van der Waals surface area contributed by atoms with Gasteiger partial charge in [0, 0.05) is 30.1 Å². The SMILES string of the molecule is O=C(Nc1ccc2c(c1)CCCN2C(=O)c1ccccc1)C1CCCO1. The zero-order valence-electron chi connectivity index (χ0n) is 14.6. The Morgan fingerprint density at radius 3 is 2.69 bits per heavy atom. The average molecular weight is 350 g/mol. The number of ether oxygens (including phenoxy) is 1. The molecule has 0 radical (unpaired) electrons. The van der Waals surface area contributed by atoms with Crippen LogP contribution in [0.1, 0.15) is 35.2 Å². The largest absolute Gasteiger partial charge is 0.368 e. The lowest BCUT2D eigenvalue weighted by atomic mass is 10.00. The minimum Gasteiger partial charge on any atom is -0.368 e. The summed E-state index contributed by atoms with van der Waals surface area (Å²) in [5.41, 5.74) is 3.47. The van der Waals surface area contributed by atoms with E-state index in [1.54, 1.807) is 0 Å². The van der Waals surface area contributed by atoms with E-state index in [1.807, 2.05) is 53.4 Å². The highest BCUT2D eigenvalue weighted by Crippen LogP contribution is 2.31. The Kier molecular flexibility index (Phi) is 4.71. The molecule has 2 aliphatic rings. The first-order chi connectivity index (χ1) is 12.7. The van der Waals surface area contributed by atoms with Crippen molar-refractivity contribution < 1.29 is 14.3 Å². The van der Waals surface area contributed by atoms with Crippen molar-refractivity contribution in [3.63, 3.8) is 0 Å². The number of aryl methyl sites for hydroxylation is 1. The van der Waals surface area contributed by atoms with Gasteiger partial charge in [0.25, 0.3) is 11.8 Å². The molecule has 2 aliphatic heterocycles. The summed E-state index contributed by atoms with van der Waals surface area (Å²) in [4.78, 5) is 26.9. The van der Waals surface area contributed by atoms with Crippen molar-refractivity contribution in [2.45, 2.75) is 31.8 Å². The van der Waals surface area contributed by atoms with Crippen LogP contribution in [0.3, 0.4) is 0 Å². The fourth-order valence-electron chi connectivity index (χ4n) is 3.63. The lowest BCUT2D eigenvalue weighted by Crippen LogP contribution is -2.35. The zero-order valence-corrected chi connectivity index (χ0v) is 14.6. The Morgan fingerprint density at radius 2 is 1.92 bits per heavy atom. The Bertz CT molecular complexity index is 813. The molecule has 0 spiro atoms. The molecule has 0 saturated carbocycles. The molecule has 26 heavy (non-hydrogen) atoms. The molecule has 0 bridgehead atoms.